The highest BCUT2D eigenvalue weighted by Gasteiger charge is 2.21. The third-order valence-electron chi connectivity index (χ3n) is 2.45. The summed E-state index contributed by atoms with van der Waals surface area (Å²) >= 11 is 2.04. The fourth-order valence-corrected chi connectivity index (χ4v) is 2.89. The Kier molecular flexibility index (Phi) is 3.13. The highest BCUT2D eigenvalue weighted by atomic mass is 32.2. The van der Waals surface area contributed by atoms with Crippen molar-refractivity contribution in [2.45, 2.75) is 38.1 Å². The summed E-state index contributed by atoms with van der Waals surface area (Å²) in [4.78, 5) is 0. The number of hydrogen-bond acceptors (Lipinski definition) is 4. The number of hydrogen-bond donors (Lipinski definition) is 1. The Labute approximate surface area is 88.6 Å². The lowest BCUT2D eigenvalue weighted by Crippen LogP contribution is -2.28. The minimum Gasteiger partial charge on any atom is -0.361 e. The first-order valence-electron chi connectivity index (χ1n) is 5.01. The molecule has 3 nitrogen and oxygen atoms in total. The topological polar surface area (TPSA) is 38.1 Å². The van der Waals surface area contributed by atoms with Crippen LogP contribution >= 0.6 is 11.8 Å². The predicted octanol–water partition coefficient (Wildman–Crippen LogP) is 1.97. The van der Waals surface area contributed by atoms with Gasteiger partial charge in [-0.2, -0.15) is 11.8 Å². The molecule has 0 saturated carbocycles. The maximum absolute atomic E-state index is 5.01. The highest BCUT2D eigenvalue weighted by Crippen LogP contribution is 2.25. The van der Waals surface area contributed by atoms with E-state index in [1.165, 1.54) is 12.2 Å². The van der Waals surface area contributed by atoms with Gasteiger partial charge in [-0.05, 0) is 13.3 Å². The van der Waals surface area contributed by atoms with Crippen LogP contribution in [0.2, 0.25) is 0 Å². The molecule has 2 atom stereocenters. The average Bonchev–Trinajstić information content (AvgIpc) is 2.72. The van der Waals surface area contributed by atoms with Gasteiger partial charge in [0.2, 0.25) is 0 Å². The lowest BCUT2D eigenvalue weighted by molar-refractivity contribution is 0.386. The van der Waals surface area contributed by atoms with Gasteiger partial charge in [-0.3, -0.25) is 0 Å². The summed E-state index contributed by atoms with van der Waals surface area (Å²) in [5, 5.41) is 8.25. The zero-order valence-electron chi connectivity index (χ0n) is 8.62. The molecule has 1 saturated heterocycles. The van der Waals surface area contributed by atoms with Crippen LogP contribution in [-0.4, -0.2) is 22.2 Å². The number of nitrogens with one attached hydrogen (secondary N) is 1. The fourth-order valence-electron chi connectivity index (χ4n) is 1.71. The molecule has 1 aliphatic heterocycles. The molecule has 0 radical (unpaired) electrons. The van der Waals surface area contributed by atoms with Crippen LogP contribution in [0.1, 0.15) is 24.8 Å². The average molecular weight is 212 g/mol. The first-order valence-corrected chi connectivity index (χ1v) is 6.06. The van der Waals surface area contributed by atoms with E-state index >= 15 is 0 Å². The van der Waals surface area contributed by atoms with Crippen LogP contribution in [0.5, 0.6) is 0 Å². The second-order valence-corrected chi connectivity index (χ2v) is 5.36. The number of aryl methyl sites for hydroxylation is 1. The van der Waals surface area contributed by atoms with Gasteiger partial charge in [0, 0.05) is 29.7 Å². The Hall–Kier alpha value is -0.480. The summed E-state index contributed by atoms with van der Waals surface area (Å²) in [5.41, 5.74) is 1.01. The number of thioether (sulfide) groups is 1. The molecule has 0 aromatic carbocycles. The molecule has 2 heterocycles. The van der Waals surface area contributed by atoms with E-state index in [0.717, 1.165) is 23.2 Å². The maximum atomic E-state index is 5.01. The van der Waals surface area contributed by atoms with Crippen molar-refractivity contribution in [1.82, 2.24) is 10.5 Å². The third kappa shape index (κ3) is 2.51. The molecule has 0 aliphatic carbocycles. The standard InChI is InChI=1S/C10H16N2OS/c1-7-3-9(12-13-7)5-11-10-4-8(2)14-6-10/h3,8,10-11H,4-6H2,1-2H3. The summed E-state index contributed by atoms with van der Waals surface area (Å²) in [6.07, 6.45) is 1.27. The SMILES string of the molecule is Cc1cc(CNC2CSC(C)C2)no1. The van der Waals surface area contributed by atoms with E-state index in [0.29, 0.717) is 6.04 Å². The van der Waals surface area contributed by atoms with Gasteiger partial charge in [0.05, 0.1) is 5.69 Å². The Balaban J connectivity index is 1.77. The van der Waals surface area contributed by atoms with E-state index in [4.69, 9.17) is 4.52 Å². The van der Waals surface area contributed by atoms with Gasteiger partial charge in [-0.1, -0.05) is 12.1 Å². The smallest absolute Gasteiger partial charge is 0.133 e. The lowest BCUT2D eigenvalue weighted by atomic mass is 10.2. The first kappa shape index (κ1) is 10.1. The number of rotatable bonds is 3. The van der Waals surface area contributed by atoms with Crippen LogP contribution in [0.15, 0.2) is 10.6 Å². The summed E-state index contributed by atoms with van der Waals surface area (Å²) in [6.45, 7) is 5.03. The summed E-state index contributed by atoms with van der Waals surface area (Å²) < 4.78 is 5.01. The molecule has 78 valence electrons. The summed E-state index contributed by atoms with van der Waals surface area (Å²) in [5.74, 6) is 2.11. The van der Waals surface area contributed by atoms with Crippen molar-refractivity contribution in [3.8, 4) is 0 Å². The van der Waals surface area contributed by atoms with Crippen LogP contribution in [0.3, 0.4) is 0 Å². The Bertz CT molecular complexity index is 300. The Morgan fingerprint density at radius 3 is 3.14 bits per heavy atom. The normalized spacial score (nSPS) is 27.0. The molecule has 0 bridgehead atoms. The predicted molar refractivity (Wildman–Crippen MR) is 58.4 cm³/mol. The van der Waals surface area contributed by atoms with E-state index in [1.807, 2.05) is 24.8 Å². The number of aromatic nitrogens is 1. The molecular formula is C10H16N2OS. The van der Waals surface area contributed by atoms with Crippen molar-refractivity contribution in [3.63, 3.8) is 0 Å². The van der Waals surface area contributed by atoms with Crippen LogP contribution in [0.4, 0.5) is 0 Å². The maximum Gasteiger partial charge on any atom is 0.133 e. The molecule has 2 rings (SSSR count). The van der Waals surface area contributed by atoms with E-state index < -0.39 is 0 Å². The van der Waals surface area contributed by atoms with Crippen molar-refractivity contribution in [2.24, 2.45) is 0 Å². The van der Waals surface area contributed by atoms with Crippen LogP contribution in [0.25, 0.3) is 0 Å². The monoisotopic (exact) mass is 212 g/mol. The Morgan fingerprint density at radius 1 is 1.71 bits per heavy atom. The molecule has 14 heavy (non-hydrogen) atoms. The fraction of sp³-hybridized carbons (Fsp3) is 0.700. The molecule has 1 fully saturated rings. The zero-order chi connectivity index (χ0) is 9.97. The van der Waals surface area contributed by atoms with E-state index in [9.17, 15) is 0 Å². The minimum atomic E-state index is 0.645. The van der Waals surface area contributed by atoms with Gasteiger partial charge in [-0.25, -0.2) is 0 Å². The largest absolute Gasteiger partial charge is 0.361 e. The van der Waals surface area contributed by atoms with Crippen molar-refractivity contribution in [2.75, 3.05) is 5.75 Å². The van der Waals surface area contributed by atoms with Crippen molar-refractivity contribution in [3.05, 3.63) is 17.5 Å². The van der Waals surface area contributed by atoms with Gasteiger partial charge in [0.1, 0.15) is 5.76 Å². The van der Waals surface area contributed by atoms with Crippen LogP contribution in [0, 0.1) is 6.92 Å². The van der Waals surface area contributed by atoms with Crippen LogP contribution in [-0.2, 0) is 6.54 Å². The van der Waals surface area contributed by atoms with Gasteiger partial charge in [-0.15, -0.1) is 0 Å². The molecule has 0 amide bonds. The molecule has 1 aliphatic rings. The first-order chi connectivity index (χ1) is 6.74. The second-order valence-electron chi connectivity index (χ2n) is 3.89. The van der Waals surface area contributed by atoms with Crippen molar-refractivity contribution in [1.29, 1.82) is 0 Å². The van der Waals surface area contributed by atoms with Gasteiger partial charge < -0.3 is 9.84 Å². The van der Waals surface area contributed by atoms with Gasteiger partial charge in [0.25, 0.3) is 0 Å². The number of nitrogens with zero attached hydrogens (tertiary/aromatic N) is 1. The molecular weight excluding hydrogens is 196 g/mol. The van der Waals surface area contributed by atoms with Gasteiger partial charge >= 0.3 is 0 Å². The van der Waals surface area contributed by atoms with Crippen LogP contribution < -0.4 is 5.32 Å². The quantitative estimate of drug-likeness (QED) is 0.831. The van der Waals surface area contributed by atoms with E-state index in [2.05, 4.69) is 17.4 Å². The third-order valence-corrected chi connectivity index (χ3v) is 3.80. The van der Waals surface area contributed by atoms with Crippen molar-refractivity contribution < 1.29 is 4.52 Å². The molecule has 4 heteroatoms. The lowest BCUT2D eigenvalue weighted by Gasteiger charge is -2.08. The van der Waals surface area contributed by atoms with E-state index in [-0.39, 0.29) is 0 Å². The molecule has 1 aromatic rings. The zero-order valence-corrected chi connectivity index (χ0v) is 9.43. The van der Waals surface area contributed by atoms with E-state index in [1.54, 1.807) is 0 Å². The summed E-state index contributed by atoms with van der Waals surface area (Å²) in [7, 11) is 0. The van der Waals surface area contributed by atoms with Gasteiger partial charge in [0.15, 0.2) is 0 Å². The van der Waals surface area contributed by atoms with Crippen molar-refractivity contribution >= 4 is 11.8 Å². The second kappa shape index (κ2) is 4.36. The summed E-state index contributed by atoms with van der Waals surface area (Å²) in [6, 6.07) is 2.63. The molecule has 2 unspecified atom stereocenters. The molecule has 0 spiro atoms. The highest BCUT2D eigenvalue weighted by molar-refractivity contribution is 8.00. The Morgan fingerprint density at radius 2 is 2.57 bits per heavy atom. The molecule has 1 aromatic heterocycles. The molecule has 1 N–H and O–H groups in total. The minimum absolute atomic E-state index is 0.645.